The molecule has 1 N–H and O–H groups in total. The summed E-state index contributed by atoms with van der Waals surface area (Å²) in [6.07, 6.45) is 9.86. The van der Waals surface area contributed by atoms with Crippen molar-refractivity contribution in [3.8, 4) is 0 Å². The number of hydrogen-bond donors (Lipinski definition) is 1. The van der Waals surface area contributed by atoms with Crippen LogP contribution in [0.25, 0.3) is 10.2 Å². The zero-order valence-corrected chi connectivity index (χ0v) is 21.0. The van der Waals surface area contributed by atoms with E-state index in [-0.39, 0.29) is 17.4 Å². The van der Waals surface area contributed by atoms with Crippen LogP contribution in [0, 0.1) is 0 Å². The highest BCUT2D eigenvalue weighted by molar-refractivity contribution is 7.99. The van der Waals surface area contributed by atoms with Crippen LogP contribution in [0.2, 0.25) is 0 Å². The lowest BCUT2D eigenvalue weighted by molar-refractivity contribution is -0.129. The quantitative estimate of drug-likeness (QED) is 0.579. The van der Waals surface area contributed by atoms with Gasteiger partial charge in [0.1, 0.15) is 22.3 Å². The maximum absolute atomic E-state index is 13.0. The van der Waals surface area contributed by atoms with Crippen LogP contribution >= 0.6 is 23.1 Å². The number of carbonyl (C=O) groups excluding carboxylic acids is 1. The predicted molar refractivity (Wildman–Crippen MR) is 135 cm³/mol. The van der Waals surface area contributed by atoms with Gasteiger partial charge in [0.15, 0.2) is 0 Å². The number of amides is 1. The summed E-state index contributed by atoms with van der Waals surface area (Å²) in [7, 11) is 0. The second-order valence-corrected chi connectivity index (χ2v) is 11.7. The Kier molecular flexibility index (Phi) is 6.19. The highest BCUT2D eigenvalue weighted by Gasteiger charge is 2.29. The molecule has 10 heteroatoms. The summed E-state index contributed by atoms with van der Waals surface area (Å²) in [6, 6.07) is 0. The first kappa shape index (κ1) is 22.3. The second-order valence-electron chi connectivity index (χ2n) is 9.66. The Balaban J connectivity index is 1.08. The second kappa shape index (κ2) is 9.45. The maximum atomic E-state index is 13.0. The summed E-state index contributed by atoms with van der Waals surface area (Å²) in [5, 5.41) is 9.78. The Morgan fingerprint density at radius 1 is 1.09 bits per heavy atom. The number of likely N-dealkylation sites (tertiary alicyclic amines) is 1. The van der Waals surface area contributed by atoms with Gasteiger partial charge >= 0.3 is 0 Å². The van der Waals surface area contributed by atoms with Gasteiger partial charge in [-0.3, -0.25) is 9.59 Å². The van der Waals surface area contributed by atoms with Gasteiger partial charge in [-0.05, 0) is 50.5 Å². The van der Waals surface area contributed by atoms with E-state index in [0.717, 1.165) is 80.0 Å². The van der Waals surface area contributed by atoms with Gasteiger partial charge in [0.2, 0.25) is 5.91 Å². The van der Waals surface area contributed by atoms with Gasteiger partial charge in [0, 0.05) is 36.9 Å². The zero-order valence-electron chi connectivity index (χ0n) is 19.3. The molecule has 0 spiro atoms. The molecule has 1 aliphatic carbocycles. The van der Waals surface area contributed by atoms with E-state index in [4.69, 9.17) is 4.98 Å². The third-order valence-corrected chi connectivity index (χ3v) is 9.48. The highest BCUT2D eigenvalue weighted by atomic mass is 32.2. The van der Waals surface area contributed by atoms with E-state index in [1.54, 1.807) is 11.3 Å². The molecule has 1 amide bonds. The molecule has 2 aliphatic heterocycles. The van der Waals surface area contributed by atoms with Crippen molar-refractivity contribution in [3.05, 3.63) is 38.3 Å². The average Bonchev–Trinajstić information content (AvgIpc) is 3.49. The topological polar surface area (TPSA) is 96.8 Å². The molecule has 5 heterocycles. The molecule has 1 saturated heterocycles. The Labute approximate surface area is 206 Å². The average molecular weight is 499 g/mol. The van der Waals surface area contributed by atoms with Crippen molar-refractivity contribution < 1.29 is 4.79 Å². The van der Waals surface area contributed by atoms with Gasteiger partial charge in [0.25, 0.3) is 5.56 Å². The number of H-pyrrole nitrogens is 1. The summed E-state index contributed by atoms with van der Waals surface area (Å²) in [5.41, 5.74) is 1.17. The molecular formula is C24H30N6O2S2. The molecule has 1 atom stereocenters. The van der Waals surface area contributed by atoms with E-state index < -0.39 is 0 Å². The van der Waals surface area contributed by atoms with Crippen LogP contribution in [-0.4, -0.2) is 54.4 Å². The SMILES string of the molecule is O=C(CSCc1nc2sc3c(c2c(=O)[nH]1)CCC3)N1CCC[C@@H](c2nnc3n2CCCCC3)C1. The number of thioether (sulfide) groups is 1. The number of hydrogen-bond acceptors (Lipinski definition) is 7. The highest BCUT2D eigenvalue weighted by Crippen LogP contribution is 2.34. The molecule has 0 unspecified atom stereocenters. The fraction of sp³-hybridized carbons (Fsp3) is 0.625. The first-order valence-corrected chi connectivity index (χ1v) is 14.5. The number of carbonyl (C=O) groups is 1. The van der Waals surface area contributed by atoms with E-state index in [1.165, 1.54) is 41.5 Å². The molecular weight excluding hydrogens is 468 g/mol. The Morgan fingerprint density at radius 2 is 2.03 bits per heavy atom. The van der Waals surface area contributed by atoms with Crippen molar-refractivity contribution in [1.82, 2.24) is 29.6 Å². The van der Waals surface area contributed by atoms with Crippen LogP contribution in [-0.2, 0) is 36.4 Å². The van der Waals surface area contributed by atoms with Gasteiger partial charge in [-0.15, -0.1) is 33.3 Å². The van der Waals surface area contributed by atoms with E-state index in [9.17, 15) is 9.59 Å². The van der Waals surface area contributed by atoms with Crippen molar-refractivity contribution in [3.63, 3.8) is 0 Å². The number of aryl methyl sites for hydroxylation is 3. The first-order chi connectivity index (χ1) is 16.7. The van der Waals surface area contributed by atoms with E-state index in [0.29, 0.717) is 17.3 Å². The van der Waals surface area contributed by atoms with E-state index >= 15 is 0 Å². The standard InChI is InChI=1S/C24H30N6O2S2/c31-20(14-33-13-18-25-23(32)21-16-7-4-8-17(16)34-24(21)26-18)29-10-5-6-15(12-29)22-28-27-19-9-2-1-3-11-30(19)22/h15H,1-14H2,(H,25,26,32)/t15-/m1/s1. The molecule has 6 rings (SSSR count). The molecule has 8 nitrogen and oxygen atoms in total. The molecule has 0 bridgehead atoms. The zero-order chi connectivity index (χ0) is 23.1. The predicted octanol–water partition coefficient (Wildman–Crippen LogP) is 3.43. The summed E-state index contributed by atoms with van der Waals surface area (Å²) in [5.74, 6) is 4.20. The number of fused-ring (bicyclic) bond motifs is 4. The van der Waals surface area contributed by atoms with Gasteiger partial charge in [0.05, 0.1) is 16.9 Å². The summed E-state index contributed by atoms with van der Waals surface area (Å²) >= 11 is 3.19. The Morgan fingerprint density at radius 3 is 2.97 bits per heavy atom. The van der Waals surface area contributed by atoms with Gasteiger partial charge < -0.3 is 14.5 Å². The van der Waals surface area contributed by atoms with Crippen LogP contribution in [0.5, 0.6) is 0 Å². The number of aromatic nitrogens is 5. The van der Waals surface area contributed by atoms with Crippen LogP contribution in [0.4, 0.5) is 0 Å². The van der Waals surface area contributed by atoms with Gasteiger partial charge in [-0.25, -0.2) is 4.98 Å². The van der Waals surface area contributed by atoms with Crippen LogP contribution < -0.4 is 5.56 Å². The lowest BCUT2D eigenvalue weighted by Crippen LogP contribution is -2.40. The molecule has 1 fully saturated rings. The Hall–Kier alpha value is -2.20. The molecule has 3 aromatic heterocycles. The normalized spacial score (nSPS) is 20.4. The summed E-state index contributed by atoms with van der Waals surface area (Å²) < 4.78 is 2.32. The van der Waals surface area contributed by atoms with Crippen molar-refractivity contribution in [2.24, 2.45) is 0 Å². The smallest absolute Gasteiger partial charge is 0.259 e. The largest absolute Gasteiger partial charge is 0.341 e. The van der Waals surface area contributed by atoms with Crippen LogP contribution in [0.15, 0.2) is 4.79 Å². The van der Waals surface area contributed by atoms with Crippen molar-refractivity contribution in [2.75, 3.05) is 18.8 Å². The van der Waals surface area contributed by atoms with Crippen molar-refractivity contribution in [1.29, 1.82) is 0 Å². The molecule has 0 saturated carbocycles. The number of aromatic amines is 1. The molecule has 3 aliphatic rings. The van der Waals surface area contributed by atoms with Crippen LogP contribution in [0.1, 0.15) is 72.4 Å². The van der Waals surface area contributed by atoms with E-state index in [2.05, 4.69) is 19.7 Å². The molecule has 0 aromatic carbocycles. The van der Waals surface area contributed by atoms with E-state index in [1.807, 2.05) is 4.90 Å². The van der Waals surface area contributed by atoms with Gasteiger partial charge in [-0.1, -0.05) is 6.42 Å². The summed E-state index contributed by atoms with van der Waals surface area (Å²) in [4.78, 5) is 37.5. The number of thiophene rings is 1. The third kappa shape index (κ3) is 4.19. The van der Waals surface area contributed by atoms with Gasteiger partial charge in [-0.2, -0.15) is 0 Å². The molecule has 180 valence electrons. The lowest BCUT2D eigenvalue weighted by Gasteiger charge is -2.32. The minimum Gasteiger partial charge on any atom is -0.341 e. The number of nitrogens with one attached hydrogen (secondary N) is 1. The minimum atomic E-state index is -0.0300. The molecule has 34 heavy (non-hydrogen) atoms. The molecule has 0 radical (unpaired) electrons. The molecule has 3 aromatic rings. The van der Waals surface area contributed by atoms with Crippen LogP contribution in [0.3, 0.4) is 0 Å². The lowest BCUT2D eigenvalue weighted by atomic mass is 9.97. The monoisotopic (exact) mass is 498 g/mol. The maximum Gasteiger partial charge on any atom is 0.259 e. The van der Waals surface area contributed by atoms with Crippen molar-refractivity contribution >= 4 is 39.2 Å². The summed E-state index contributed by atoms with van der Waals surface area (Å²) in [6.45, 7) is 2.53. The first-order valence-electron chi connectivity index (χ1n) is 12.5. The minimum absolute atomic E-state index is 0.0300. The number of rotatable bonds is 5. The number of nitrogens with zero attached hydrogens (tertiary/aromatic N) is 5. The number of piperidine rings is 1. The Bertz CT molecular complexity index is 1280. The third-order valence-electron chi connectivity index (χ3n) is 7.37. The fourth-order valence-electron chi connectivity index (χ4n) is 5.67. The fourth-order valence-corrected chi connectivity index (χ4v) is 7.74. The van der Waals surface area contributed by atoms with Crippen molar-refractivity contribution in [2.45, 2.75) is 76.0 Å².